The Bertz CT molecular complexity index is 525. The van der Waals surface area contributed by atoms with Crippen molar-refractivity contribution in [3.8, 4) is 5.75 Å². The van der Waals surface area contributed by atoms with E-state index in [0.29, 0.717) is 0 Å². The summed E-state index contributed by atoms with van der Waals surface area (Å²) in [5, 5.41) is 0. The van der Waals surface area contributed by atoms with Crippen LogP contribution in [0.5, 0.6) is 5.75 Å². The molecular formula is C13H11F7O3. The first-order valence-corrected chi connectivity index (χ1v) is 6.01. The lowest BCUT2D eigenvalue weighted by molar-refractivity contribution is -0.358. The smallest absolute Gasteiger partial charge is 0.459 e. The number of alkyl halides is 7. The molecule has 0 aromatic heterocycles. The largest absolute Gasteiger partial charge is 0.497 e. The van der Waals surface area contributed by atoms with Crippen LogP contribution in [0.2, 0.25) is 0 Å². The van der Waals surface area contributed by atoms with Gasteiger partial charge < -0.3 is 9.47 Å². The highest BCUT2D eigenvalue weighted by molar-refractivity contribution is 5.39. The zero-order valence-electron chi connectivity index (χ0n) is 11.5. The Labute approximate surface area is 126 Å². The second-order valence-electron chi connectivity index (χ2n) is 4.47. The van der Waals surface area contributed by atoms with Gasteiger partial charge in [-0.1, -0.05) is 12.1 Å². The van der Waals surface area contributed by atoms with Crippen molar-refractivity contribution >= 4 is 6.47 Å². The number of rotatable bonds is 7. The second kappa shape index (κ2) is 6.63. The van der Waals surface area contributed by atoms with E-state index in [9.17, 15) is 35.5 Å². The van der Waals surface area contributed by atoms with Crippen LogP contribution in [0.4, 0.5) is 30.7 Å². The molecule has 0 saturated carbocycles. The zero-order chi connectivity index (χ0) is 17.9. The van der Waals surface area contributed by atoms with Crippen molar-refractivity contribution in [1.29, 1.82) is 0 Å². The fraction of sp³-hybridized carbons (Fsp3) is 0.462. The fourth-order valence-corrected chi connectivity index (χ4v) is 1.70. The molecule has 1 aromatic rings. The number of benzene rings is 1. The van der Waals surface area contributed by atoms with Gasteiger partial charge in [0.1, 0.15) is 11.9 Å². The lowest BCUT2D eigenvalue weighted by atomic mass is 9.98. The molecule has 3 nitrogen and oxygen atoms in total. The first-order valence-electron chi connectivity index (χ1n) is 6.01. The highest BCUT2D eigenvalue weighted by Crippen LogP contribution is 2.50. The van der Waals surface area contributed by atoms with E-state index in [1.165, 1.54) is 19.2 Å². The molecule has 0 bridgehead atoms. The number of halogens is 7. The van der Waals surface area contributed by atoms with Crippen molar-refractivity contribution in [2.75, 3.05) is 7.11 Å². The summed E-state index contributed by atoms with van der Waals surface area (Å²) < 4.78 is 98.0. The van der Waals surface area contributed by atoms with Gasteiger partial charge in [0.05, 0.1) is 13.5 Å². The van der Waals surface area contributed by atoms with Crippen LogP contribution in [0.15, 0.2) is 24.3 Å². The molecule has 0 saturated heterocycles. The molecule has 0 N–H and O–H groups in total. The zero-order valence-corrected chi connectivity index (χ0v) is 11.5. The summed E-state index contributed by atoms with van der Waals surface area (Å²) in [5.74, 6) is -11.5. The quantitative estimate of drug-likeness (QED) is 0.549. The summed E-state index contributed by atoms with van der Waals surface area (Å²) in [5.41, 5.74) is -0.185. The predicted molar refractivity (Wildman–Crippen MR) is 63.5 cm³/mol. The predicted octanol–water partition coefficient (Wildman–Crippen LogP) is 4.13. The van der Waals surface area contributed by atoms with Crippen LogP contribution in [-0.4, -0.2) is 31.6 Å². The number of carbonyl (C=O) groups is 1. The number of methoxy groups -OCH3 is 1. The lowest BCUT2D eigenvalue weighted by Gasteiger charge is -2.30. The van der Waals surface area contributed by atoms with Gasteiger partial charge in [-0.2, -0.15) is 30.7 Å². The van der Waals surface area contributed by atoms with Crippen LogP contribution in [0.1, 0.15) is 18.1 Å². The molecule has 1 atom stereocenters. The van der Waals surface area contributed by atoms with Crippen LogP contribution in [0.3, 0.4) is 0 Å². The van der Waals surface area contributed by atoms with E-state index in [-0.39, 0.29) is 17.8 Å². The SMILES string of the molecule is COc1ccc(C(CC(F)(F)C(F)(F)C(F)(F)F)OC=O)cc1. The van der Waals surface area contributed by atoms with E-state index in [4.69, 9.17) is 4.74 Å². The Morgan fingerprint density at radius 3 is 1.96 bits per heavy atom. The summed E-state index contributed by atoms with van der Waals surface area (Å²) in [6.45, 7) is -0.309. The third-order valence-electron chi connectivity index (χ3n) is 2.96. The highest BCUT2D eigenvalue weighted by atomic mass is 19.4. The van der Waals surface area contributed by atoms with Crippen molar-refractivity contribution in [1.82, 2.24) is 0 Å². The van der Waals surface area contributed by atoms with Gasteiger partial charge in [0, 0.05) is 0 Å². The molecule has 0 aliphatic carbocycles. The maximum Gasteiger partial charge on any atom is 0.459 e. The fourth-order valence-electron chi connectivity index (χ4n) is 1.70. The van der Waals surface area contributed by atoms with E-state index in [1.54, 1.807) is 0 Å². The first-order chi connectivity index (χ1) is 10.5. The van der Waals surface area contributed by atoms with Crippen LogP contribution < -0.4 is 4.74 Å². The molecular weight excluding hydrogens is 337 g/mol. The van der Waals surface area contributed by atoms with E-state index >= 15 is 0 Å². The van der Waals surface area contributed by atoms with E-state index in [0.717, 1.165) is 12.1 Å². The van der Waals surface area contributed by atoms with Gasteiger partial charge in [0.2, 0.25) is 0 Å². The van der Waals surface area contributed by atoms with Gasteiger partial charge in [0.25, 0.3) is 6.47 Å². The first kappa shape index (κ1) is 19.0. The molecule has 23 heavy (non-hydrogen) atoms. The number of carbonyl (C=O) groups excluding carboxylic acids is 1. The summed E-state index contributed by atoms with van der Waals surface area (Å²) in [6.07, 6.45) is -10.5. The van der Waals surface area contributed by atoms with Gasteiger partial charge >= 0.3 is 18.0 Å². The monoisotopic (exact) mass is 348 g/mol. The minimum absolute atomic E-state index is 0.185. The van der Waals surface area contributed by atoms with Gasteiger partial charge in [-0.15, -0.1) is 0 Å². The summed E-state index contributed by atoms with van der Waals surface area (Å²) in [7, 11) is 1.30. The molecule has 10 heteroatoms. The van der Waals surface area contributed by atoms with Crippen molar-refractivity contribution in [3.63, 3.8) is 0 Å². The Hall–Kier alpha value is -2.00. The highest BCUT2D eigenvalue weighted by Gasteiger charge is 2.73. The van der Waals surface area contributed by atoms with Crippen LogP contribution >= 0.6 is 0 Å². The maximum atomic E-state index is 13.4. The van der Waals surface area contributed by atoms with Crippen LogP contribution in [0, 0.1) is 0 Å². The van der Waals surface area contributed by atoms with E-state index in [2.05, 4.69) is 4.74 Å². The molecule has 0 aliphatic rings. The molecule has 1 rings (SSSR count). The van der Waals surface area contributed by atoms with Crippen molar-refractivity contribution < 1.29 is 45.0 Å². The topological polar surface area (TPSA) is 35.5 Å². The third-order valence-corrected chi connectivity index (χ3v) is 2.96. The Morgan fingerprint density at radius 2 is 1.57 bits per heavy atom. The standard InChI is InChI=1S/C13H11F7O3/c1-22-9-4-2-8(3-5-9)10(23-7-21)6-11(14,15)12(16,17)13(18,19)20/h2-5,7,10H,6H2,1H3. The molecule has 0 aliphatic heterocycles. The van der Waals surface area contributed by atoms with Crippen molar-refractivity contribution in [3.05, 3.63) is 29.8 Å². The van der Waals surface area contributed by atoms with Gasteiger partial charge in [0.15, 0.2) is 0 Å². The average Bonchev–Trinajstić information content (AvgIpc) is 2.45. The van der Waals surface area contributed by atoms with E-state index in [1.807, 2.05) is 0 Å². The Morgan fingerprint density at radius 1 is 1.04 bits per heavy atom. The average molecular weight is 348 g/mol. The summed E-state index contributed by atoms with van der Waals surface area (Å²) in [4.78, 5) is 10.3. The molecule has 0 heterocycles. The maximum absolute atomic E-state index is 13.4. The minimum atomic E-state index is -6.44. The van der Waals surface area contributed by atoms with Gasteiger partial charge in [-0.3, -0.25) is 4.79 Å². The summed E-state index contributed by atoms with van der Waals surface area (Å²) >= 11 is 0. The van der Waals surface area contributed by atoms with E-state index < -0.39 is 30.5 Å². The summed E-state index contributed by atoms with van der Waals surface area (Å²) in [6, 6.07) is 4.71. The van der Waals surface area contributed by atoms with Crippen LogP contribution in [0.25, 0.3) is 0 Å². The van der Waals surface area contributed by atoms with Crippen molar-refractivity contribution in [2.45, 2.75) is 30.5 Å². The molecule has 0 fully saturated rings. The molecule has 0 amide bonds. The number of hydrogen-bond acceptors (Lipinski definition) is 3. The number of ether oxygens (including phenoxy) is 2. The third kappa shape index (κ3) is 4.05. The lowest BCUT2D eigenvalue weighted by Crippen LogP contribution is -2.52. The molecule has 1 aromatic carbocycles. The normalized spacial score (nSPS) is 14.3. The second-order valence-corrected chi connectivity index (χ2v) is 4.47. The molecule has 0 spiro atoms. The van der Waals surface area contributed by atoms with Gasteiger partial charge in [-0.25, -0.2) is 0 Å². The molecule has 0 radical (unpaired) electrons. The van der Waals surface area contributed by atoms with Crippen molar-refractivity contribution in [2.24, 2.45) is 0 Å². The Kier molecular flexibility index (Phi) is 5.49. The Balaban J connectivity index is 3.08. The minimum Gasteiger partial charge on any atom is -0.497 e. The molecule has 130 valence electrons. The molecule has 1 unspecified atom stereocenters. The van der Waals surface area contributed by atoms with Gasteiger partial charge in [-0.05, 0) is 17.7 Å². The van der Waals surface area contributed by atoms with Crippen LogP contribution in [-0.2, 0) is 9.53 Å². The number of hydrogen-bond donors (Lipinski definition) is 0.